The third-order valence-electron chi connectivity index (χ3n) is 6.65. The van der Waals surface area contributed by atoms with E-state index >= 15 is 0 Å². The van der Waals surface area contributed by atoms with Crippen LogP contribution in [0, 0.1) is 11.8 Å². The molecule has 0 bridgehead atoms. The van der Waals surface area contributed by atoms with Crippen molar-refractivity contribution in [2.75, 3.05) is 60.5 Å². The van der Waals surface area contributed by atoms with Gasteiger partial charge in [-0.25, -0.2) is 4.79 Å². The molecule has 1 saturated carbocycles. The molecule has 2 saturated heterocycles. The first-order chi connectivity index (χ1) is 13.8. The first-order valence-corrected chi connectivity index (χ1v) is 11.1. The lowest BCUT2D eigenvalue weighted by Gasteiger charge is -2.49. The number of rotatable bonds is 6. The Bertz CT molecular complexity index is 579. The summed E-state index contributed by atoms with van der Waals surface area (Å²) in [7, 11) is 6.12. The molecule has 3 atom stereocenters. The van der Waals surface area contributed by atoms with Crippen LogP contribution < -0.4 is 5.32 Å². The molecular formula is C21H38N4O4. The molecule has 0 unspecified atom stereocenters. The van der Waals surface area contributed by atoms with Gasteiger partial charge in [-0.3, -0.25) is 9.69 Å². The summed E-state index contributed by atoms with van der Waals surface area (Å²) in [4.78, 5) is 31.6. The normalized spacial score (nSPS) is 29.1. The van der Waals surface area contributed by atoms with Gasteiger partial charge in [-0.05, 0) is 59.8 Å². The number of nitrogens with zero attached hydrogens (tertiary/aromatic N) is 3. The fraction of sp³-hybridized carbons (Fsp3) is 0.905. The number of fused-ring (bicyclic) bond motifs is 1. The molecule has 166 valence electrons. The van der Waals surface area contributed by atoms with Gasteiger partial charge >= 0.3 is 6.03 Å². The SMILES string of the molecule is CCN(C(=O)NCCCN(C)C)C(=O)[C@@H]1C[C@@H]2CC3(CC[C@H]2N(C)C1)OCCO3. The maximum atomic E-state index is 13.2. The van der Waals surface area contributed by atoms with Crippen molar-refractivity contribution in [3.8, 4) is 0 Å². The number of carbonyl (C=O) groups is 2. The van der Waals surface area contributed by atoms with Crippen molar-refractivity contribution in [3.63, 3.8) is 0 Å². The Morgan fingerprint density at radius 3 is 2.62 bits per heavy atom. The Kier molecular flexibility index (Phi) is 7.53. The number of hydrogen-bond acceptors (Lipinski definition) is 6. The highest BCUT2D eigenvalue weighted by Crippen LogP contribution is 2.45. The van der Waals surface area contributed by atoms with Crippen LogP contribution in [0.4, 0.5) is 4.79 Å². The smallest absolute Gasteiger partial charge is 0.324 e. The Balaban J connectivity index is 1.58. The van der Waals surface area contributed by atoms with Gasteiger partial charge in [-0.15, -0.1) is 0 Å². The third-order valence-corrected chi connectivity index (χ3v) is 6.65. The molecule has 2 aliphatic heterocycles. The van der Waals surface area contributed by atoms with E-state index in [9.17, 15) is 9.59 Å². The zero-order chi connectivity index (χ0) is 21.0. The lowest BCUT2D eigenvalue weighted by Crippen LogP contribution is -2.57. The van der Waals surface area contributed by atoms with E-state index in [1.165, 1.54) is 4.90 Å². The highest BCUT2D eigenvalue weighted by Gasteiger charge is 2.49. The number of nitrogens with one attached hydrogen (secondary N) is 1. The van der Waals surface area contributed by atoms with E-state index in [4.69, 9.17) is 9.47 Å². The molecule has 0 aromatic heterocycles. The summed E-state index contributed by atoms with van der Waals surface area (Å²) < 4.78 is 11.9. The van der Waals surface area contributed by atoms with Crippen LogP contribution in [-0.2, 0) is 14.3 Å². The molecule has 2 heterocycles. The number of carbonyl (C=O) groups excluding carboxylic acids is 2. The molecule has 3 aliphatic rings. The Morgan fingerprint density at radius 2 is 1.97 bits per heavy atom. The molecule has 8 heteroatoms. The second-order valence-electron chi connectivity index (χ2n) is 9.02. The molecule has 1 N–H and O–H groups in total. The largest absolute Gasteiger partial charge is 0.348 e. The van der Waals surface area contributed by atoms with Crippen LogP contribution in [0.25, 0.3) is 0 Å². The molecule has 3 rings (SSSR count). The summed E-state index contributed by atoms with van der Waals surface area (Å²) >= 11 is 0. The molecular weight excluding hydrogens is 372 g/mol. The maximum absolute atomic E-state index is 13.2. The van der Waals surface area contributed by atoms with Gasteiger partial charge in [-0.2, -0.15) is 0 Å². The highest BCUT2D eigenvalue weighted by molar-refractivity contribution is 5.95. The lowest BCUT2D eigenvalue weighted by atomic mass is 9.72. The first kappa shape index (κ1) is 22.5. The van der Waals surface area contributed by atoms with Gasteiger partial charge in [0, 0.05) is 38.5 Å². The van der Waals surface area contributed by atoms with Gasteiger partial charge in [0.05, 0.1) is 19.1 Å². The van der Waals surface area contributed by atoms with E-state index in [-0.39, 0.29) is 17.9 Å². The van der Waals surface area contributed by atoms with Gasteiger partial charge in [0.15, 0.2) is 5.79 Å². The average Bonchev–Trinajstić information content (AvgIpc) is 3.12. The van der Waals surface area contributed by atoms with E-state index in [0.717, 1.165) is 38.6 Å². The summed E-state index contributed by atoms with van der Waals surface area (Å²) in [6.45, 7) is 5.76. The van der Waals surface area contributed by atoms with E-state index in [1.807, 2.05) is 21.0 Å². The van der Waals surface area contributed by atoms with Crippen molar-refractivity contribution in [1.82, 2.24) is 20.0 Å². The van der Waals surface area contributed by atoms with Crippen LogP contribution >= 0.6 is 0 Å². The number of urea groups is 1. The number of amides is 3. The fourth-order valence-electron chi connectivity index (χ4n) is 5.23. The topological polar surface area (TPSA) is 74.4 Å². The van der Waals surface area contributed by atoms with Gasteiger partial charge in [-0.1, -0.05) is 0 Å². The predicted octanol–water partition coefficient (Wildman–Crippen LogP) is 1.36. The van der Waals surface area contributed by atoms with Gasteiger partial charge in [0.1, 0.15) is 0 Å². The zero-order valence-corrected chi connectivity index (χ0v) is 18.5. The number of piperidine rings is 1. The van der Waals surface area contributed by atoms with Crippen LogP contribution in [0.5, 0.6) is 0 Å². The zero-order valence-electron chi connectivity index (χ0n) is 18.5. The molecule has 3 amide bonds. The van der Waals surface area contributed by atoms with Crippen LogP contribution in [-0.4, -0.2) is 99.0 Å². The molecule has 1 spiro atoms. The second-order valence-corrected chi connectivity index (χ2v) is 9.02. The molecule has 1 aliphatic carbocycles. The standard InChI is InChI=1S/C21H38N4O4/c1-5-25(20(27)22-9-6-10-23(2)3)19(26)17-13-16-14-21(28-11-12-29-21)8-7-18(16)24(4)15-17/h16-18H,5-15H2,1-4H3,(H,22,27)/t16-,17-,18-/m1/s1. The van der Waals surface area contributed by atoms with Crippen molar-refractivity contribution >= 4 is 11.9 Å². The van der Waals surface area contributed by atoms with Crippen LogP contribution in [0.1, 0.15) is 39.0 Å². The van der Waals surface area contributed by atoms with E-state index < -0.39 is 5.79 Å². The van der Waals surface area contributed by atoms with Crippen molar-refractivity contribution < 1.29 is 19.1 Å². The monoisotopic (exact) mass is 410 g/mol. The molecule has 3 fully saturated rings. The average molecular weight is 411 g/mol. The summed E-state index contributed by atoms with van der Waals surface area (Å²) in [5.41, 5.74) is 0. The Morgan fingerprint density at radius 1 is 1.24 bits per heavy atom. The third kappa shape index (κ3) is 5.29. The minimum absolute atomic E-state index is 0.0595. The van der Waals surface area contributed by atoms with E-state index in [2.05, 4.69) is 22.2 Å². The Labute approximate surface area is 174 Å². The van der Waals surface area contributed by atoms with Crippen molar-refractivity contribution in [2.45, 2.75) is 50.9 Å². The number of likely N-dealkylation sites (tertiary alicyclic amines) is 1. The van der Waals surface area contributed by atoms with Crippen molar-refractivity contribution in [1.29, 1.82) is 0 Å². The maximum Gasteiger partial charge on any atom is 0.324 e. The number of hydrogen-bond donors (Lipinski definition) is 1. The van der Waals surface area contributed by atoms with Crippen LogP contribution in [0.3, 0.4) is 0 Å². The second kappa shape index (κ2) is 9.73. The first-order valence-electron chi connectivity index (χ1n) is 11.1. The number of ether oxygens (including phenoxy) is 2. The summed E-state index contributed by atoms with van der Waals surface area (Å²) in [5, 5.41) is 2.90. The quantitative estimate of drug-likeness (QED) is 0.667. The summed E-state index contributed by atoms with van der Waals surface area (Å²) in [5.74, 6) is -0.307. The highest BCUT2D eigenvalue weighted by atomic mass is 16.7. The van der Waals surface area contributed by atoms with Gasteiger partial charge in [0.25, 0.3) is 0 Å². The van der Waals surface area contributed by atoms with E-state index in [1.54, 1.807) is 0 Å². The van der Waals surface area contributed by atoms with Crippen molar-refractivity contribution in [3.05, 3.63) is 0 Å². The molecule has 0 aromatic rings. The predicted molar refractivity (Wildman–Crippen MR) is 110 cm³/mol. The van der Waals surface area contributed by atoms with E-state index in [0.29, 0.717) is 44.8 Å². The van der Waals surface area contributed by atoms with Crippen LogP contribution in [0.15, 0.2) is 0 Å². The van der Waals surface area contributed by atoms with Gasteiger partial charge in [0.2, 0.25) is 5.91 Å². The minimum atomic E-state index is -0.443. The fourth-order valence-corrected chi connectivity index (χ4v) is 5.23. The number of imide groups is 1. The van der Waals surface area contributed by atoms with Crippen molar-refractivity contribution in [2.24, 2.45) is 11.8 Å². The minimum Gasteiger partial charge on any atom is -0.348 e. The molecule has 29 heavy (non-hydrogen) atoms. The molecule has 8 nitrogen and oxygen atoms in total. The Hall–Kier alpha value is -1.22. The molecule has 0 aromatic carbocycles. The van der Waals surface area contributed by atoms with Gasteiger partial charge < -0.3 is 24.6 Å². The summed E-state index contributed by atoms with van der Waals surface area (Å²) in [6, 6.07) is 0.191. The summed E-state index contributed by atoms with van der Waals surface area (Å²) in [6.07, 6.45) is 4.46. The molecule has 0 radical (unpaired) electrons. The lowest BCUT2D eigenvalue weighted by molar-refractivity contribution is -0.202. The van der Waals surface area contributed by atoms with Crippen LogP contribution in [0.2, 0.25) is 0 Å².